The number of ketones is 1. The van der Waals surface area contributed by atoms with Gasteiger partial charge >= 0.3 is 0 Å². The van der Waals surface area contributed by atoms with Crippen LogP contribution in [0.25, 0.3) is 0 Å². The number of rotatable bonds is 4. The third-order valence-corrected chi connectivity index (χ3v) is 3.05. The molecule has 0 aliphatic rings. The van der Waals surface area contributed by atoms with Gasteiger partial charge in [0.25, 0.3) is 0 Å². The van der Waals surface area contributed by atoms with Crippen LogP contribution in [0.2, 0.25) is 5.02 Å². The normalized spacial score (nSPS) is 10.3. The number of carbonyl (C=O) groups excluding carboxylic acids is 1. The van der Waals surface area contributed by atoms with Crippen molar-refractivity contribution in [1.29, 1.82) is 0 Å². The van der Waals surface area contributed by atoms with Crippen LogP contribution in [0.3, 0.4) is 0 Å². The first-order valence-corrected chi connectivity index (χ1v) is 6.09. The minimum atomic E-state index is -0.585. The maximum Gasteiger partial charge on any atom is 0.167 e. The zero-order chi connectivity index (χ0) is 13.8. The van der Waals surface area contributed by atoms with Crippen LogP contribution in [0, 0.1) is 5.82 Å². The number of Topliss-reactive ketones (excluding diaryl/α,β-unsaturated/α-hetero) is 1. The monoisotopic (exact) mass is 278 g/mol. The smallest absolute Gasteiger partial charge is 0.167 e. The Labute approximate surface area is 115 Å². The Morgan fingerprint density at radius 2 is 2.05 bits per heavy atom. The van der Waals surface area contributed by atoms with E-state index in [1.54, 1.807) is 19.2 Å². The molecule has 0 N–H and O–H groups in total. The van der Waals surface area contributed by atoms with Gasteiger partial charge in [-0.2, -0.15) is 0 Å². The number of hydrogen-bond donors (Lipinski definition) is 0. The molecule has 2 rings (SSSR count). The van der Waals surface area contributed by atoms with Crippen LogP contribution in [0.1, 0.15) is 15.9 Å². The molecule has 0 amide bonds. The predicted molar refractivity (Wildman–Crippen MR) is 72.4 cm³/mol. The summed E-state index contributed by atoms with van der Waals surface area (Å²) in [5.41, 5.74) is 1.13. The van der Waals surface area contributed by atoms with Crippen molar-refractivity contribution in [1.82, 2.24) is 0 Å². The third-order valence-electron chi connectivity index (χ3n) is 2.74. The highest BCUT2D eigenvalue weighted by Gasteiger charge is 2.10. The summed E-state index contributed by atoms with van der Waals surface area (Å²) in [6.45, 7) is 0. The van der Waals surface area contributed by atoms with E-state index in [2.05, 4.69) is 0 Å². The van der Waals surface area contributed by atoms with Crippen molar-refractivity contribution in [2.24, 2.45) is 0 Å². The maximum atomic E-state index is 13.3. The van der Waals surface area contributed by atoms with Crippen molar-refractivity contribution in [3.05, 3.63) is 64.4 Å². The second kappa shape index (κ2) is 5.85. The fourth-order valence-corrected chi connectivity index (χ4v) is 1.86. The van der Waals surface area contributed by atoms with Gasteiger partial charge in [-0.05, 0) is 35.9 Å². The van der Waals surface area contributed by atoms with Crippen LogP contribution in [-0.2, 0) is 6.42 Å². The average Bonchev–Trinajstić information content (AvgIpc) is 2.42. The van der Waals surface area contributed by atoms with Crippen molar-refractivity contribution >= 4 is 17.4 Å². The van der Waals surface area contributed by atoms with E-state index in [1.165, 1.54) is 12.1 Å². The van der Waals surface area contributed by atoms with Crippen LogP contribution in [0.4, 0.5) is 4.39 Å². The summed E-state index contributed by atoms with van der Waals surface area (Å²) in [5.74, 6) is -0.0606. The topological polar surface area (TPSA) is 26.3 Å². The molecule has 0 saturated heterocycles. The van der Waals surface area contributed by atoms with Crippen molar-refractivity contribution in [3.63, 3.8) is 0 Å². The van der Waals surface area contributed by atoms with Crippen molar-refractivity contribution in [2.75, 3.05) is 7.11 Å². The second-order valence-electron chi connectivity index (χ2n) is 4.08. The molecule has 0 radical (unpaired) electrons. The molecule has 2 aromatic carbocycles. The van der Waals surface area contributed by atoms with Crippen molar-refractivity contribution in [3.8, 4) is 5.75 Å². The molecule has 2 aromatic rings. The molecule has 0 aliphatic heterocycles. The average molecular weight is 279 g/mol. The van der Waals surface area contributed by atoms with E-state index >= 15 is 0 Å². The SMILES string of the molecule is COc1cccc(CC(=O)c2ccc(Cl)c(F)c2)c1. The largest absolute Gasteiger partial charge is 0.497 e. The van der Waals surface area contributed by atoms with Gasteiger partial charge in [0.2, 0.25) is 0 Å². The van der Waals surface area contributed by atoms with Crippen LogP contribution in [0.5, 0.6) is 5.75 Å². The van der Waals surface area contributed by atoms with Gasteiger partial charge in [-0.3, -0.25) is 4.79 Å². The first-order valence-electron chi connectivity index (χ1n) is 5.71. The Morgan fingerprint density at radius 3 is 2.74 bits per heavy atom. The molecular formula is C15H12ClFO2. The molecule has 4 heteroatoms. The van der Waals surface area contributed by atoms with E-state index in [0.717, 1.165) is 11.6 Å². The molecule has 98 valence electrons. The first kappa shape index (κ1) is 13.6. The summed E-state index contributed by atoms with van der Waals surface area (Å²) in [6, 6.07) is 11.3. The van der Waals surface area contributed by atoms with Crippen molar-refractivity contribution < 1.29 is 13.9 Å². The fourth-order valence-electron chi connectivity index (χ4n) is 1.74. The molecule has 19 heavy (non-hydrogen) atoms. The third kappa shape index (κ3) is 3.32. The van der Waals surface area contributed by atoms with Gasteiger partial charge in [-0.1, -0.05) is 23.7 Å². The number of hydrogen-bond acceptors (Lipinski definition) is 2. The number of carbonyl (C=O) groups is 1. The molecule has 0 saturated carbocycles. The van der Waals surface area contributed by atoms with E-state index in [-0.39, 0.29) is 17.2 Å². The van der Waals surface area contributed by atoms with Gasteiger partial charge in [0.15, 0.2) is 5.78 Å². The Kier molecular flexibility index (Phi) is 4.17. The fraction of sp³-hybridized carbons (Fsp3) is 0.133. The maximum absolute atomic E-state index is 13.3. The summed E-state index contributed by atoms with van der Waals surface area (Å²) in [4.78, 5) is 12.0. The molecule has 0 aliphatic carbocycles. The van der Waals surface area contributed by atoms with Gasteiger partial charge in [0.1, 0.15) is 11.6 Å². The van der Waals surface area contributed by atoms with Crippen LogP contribution >= 0.6 is 11.6 Å². The zero-order valence-electron chi connectivity index (χ0n) is 10.3. The highest BCUT2D eigenvalue weighted by molar-refractivity contribution is 6.30. The van der Waals surface area contributed by atoms with E-state index in [0.29, 0.717) is 11.3 Å². The number of ether oxygens (including phenoxy) is 1. The lowest BCUT2D eigenvalue weighted by Gasteiger charge is -2.05. The molecule has 0 fully saturated rings. The predicted octanol–water partition coefficient (Wildman–Crippen LogP) is 3.91. The highest BCUT2D eigenvalue weighted by atomic mass is 35.5. The van der Waals surface area contributed by atoms with Gasteiger partial charge in [0, 0.05) is 12.0 Å². The molecule has 2 nitrogen and oxygen atoms in total. The molecule has 0 unspecified atom stereocenters. The van der Waals surface area contributed by atoms with Crippen LogP contribution < -0.4 is 4.74 Å². The van der Waals surface area contributed by atoms with Gasteiger partial charge in [0.05, 0.1) is 12.1 Å². The number of methoxy groups -OCH3 is 1. The second-order valence-corrected chi connectivity index (χ2v) is 4.49. The molecule has 0 heterocycles. The quantitative estimate of drug-likeness (QED) is 0.793. The Morgan fingerprint density at radius 1 is 1.26 bits per heavy atom. The van der Waals surface area contributed by atoms with Gasteiger partial charge in [-0.25, -0.2) is 4.39 Å². The Balaban J connectivity index is 2.18. The molecule has 0 atom stereocenters. The van der Waals surface area contributed by atoms with Crippen molar-refractivity contribution in [2.45, 2.75) is 6.42 Å². The first-order chi connectivity index (χ1) is 9.10. The minimum absolute atomic E-state index is 0.0120. The molecular weight excluding hydrogens is 267 g/mol. The number of halogens is 2. The summed E-state index contributed by atoms with van der Waals surface area (Å²) in [7, 11) is 1.56. The Bertz CT molecular complexity index is 611. The molecule has 0 aromatic heterocycles. The summed E-state index contributed by atoms with van der Waals surface area (Å²) in [6.07, 6.45) is 0.193. The minimum Gasteiger partial charge on any atom is -0.497 e. The van der Waals surface area contributed by atoms with Gasteiger partial charge < -0.3 is 4.74 Å². The highest BCUT2D eigenvalue weighted by Crippen LogP contribution is 2.18. The van der Waals surface area contributed by atoms with E-state index in [1.807, 2.05) is 12.1 Å². The molecule has 0 bridgehead atoms. The van der Waals surface area contributed by atoms with Crippen LogP contribution in [-0.4, -0.2) is 12.9 Å². The lowest BCUT2D eigenvalue weighted by molar-refractivity contribution is 0.0992. The summed E-state index contributed by atoms with van der Waals surface area (Å²) in [5, 5.41) is 0.0120. The summed E-state index contributed by atoms with van der Waals surface area (Å²) < 4.78 is 18.4. The van der Waals surface area contributed by atoms with Crippen LogP contribution in [0.15, 0.2) is 42.5 Å². The standard InChI is InChI=1S/C15H12ClFO2/c1-19-12-4-2-3-10(7-12)8-15(18)11-5-6-13(16)14(17)9-11/h2-7,9H,8H2,1H3. The van der Waals surface area contributed by atoms with E-state index < -0.39 is 5.82 Å². The molecule has 0 spiro atoms. The number of benzene rings is 2. The van der Waals surface area contributed by atoms with E-state index in [4.69, 9.17) is 16.3 Å². The van der Waals surface area contributed by atoms with E-state index in [9.17, 15) is 9.18 Å². The Hall–Kier alpha value is -1.87. The van der Waals surface area contributed by atoms with Gasteiger partial charge in [-0.15, -0.1) is 0 Å². The zero-order valence-corrected chi connectivity index (χ0v) is 11.1. The lowest BCUT2D eigenvalue weighted by atomic mass is 10.0. The summed E-state index contributed by atoms with van der Waals surface area (Å²) >= 11 is 5.58. The lowest BCUT2D eigenvalue weighted by Crippen LogP contribution is -2.04.